The molecule has 0 aliphatic heterocycles. The molecule has 2 amide bonds. The number of hydrogen-bond donors (Lipinski definition) is 7. The molecule has 0 bridgehead atoms. The van der Waals surface area contributed by atoms with Crippen molar-refractivity contribution in [3.05, 3.63) is 0 Å². The number of nitrogens with one attached hydrogen (secondary N) is 2. The number of hydrogen-bond acceptors (Lipinski definition) is 7. The van der Waals surface area contributed by atoms with Gasteiger partial charge in [0.2, 0.25) is 11.8 Å². The lowest BCUT2D eigenvalue weighted by molar-refractivity contribution is -0.145. The minimum atomic E-state index is -1.63. The molecule has 0 saturated carbocycles. The van der Waals surface area contributed by atoms with Gasteiger partial charge in [0.05, 0.1) is 18.2 Å². The summed E-state index contributed by atoms with van der Waals surface area (Å²) < 4.78 is 0. The molecule has 0 rings (SSSR count). The van der Waals surface area contributed by atoms with Gasteiger partial charge in [0, 0.05) is 6.42 Å². The summed E-state index contributed by atoms with van der Waals surface area (Å²) in [6.45, 7) is 2.34. The maximum absolute atomic E-state index is 12.0. The van der Waals surface area contributed by atoms with E-state index in [1.54, 1.807) is 0 Å². The van der Waals surface area contributed by atoms with Gasteiger partial charge in [-0.25, -0.2) is 4.79 Å². The molecule has 0 aliphatic carbocycles. The zero-order valence-electron chi connectivity index (χ0n) is 13.3. The largest absolute Gasteiger partial charge is 0.481 e. The van der Waals surface area contributed by atoms with E-state index in [9.17, 15) is 29.4 Å². The molecule has 11 heteroatoms. The van der Waals surface area contributed by atoms with E-state index in [4.69, 9.17) is 15.9 Å². The van der Waals surface area contributed by atoms with Crippen molar-refractivity contribution in [1.29, 1.82) is 0 Å². The fraction of sp³-hybridized carbons (Fsp3) is 0.692. The summed E-state index contributed by atoms with van der Waals surface area (Å²) >= 11 is 0. The smallest absolute Gasteiger partial charge is 0.328 e. The summed E-state index contributed by atoms with van der Waals surface area (Å²) in [5.41, 5.74) is 5.49. The van der Waals surface area contributed by atoms with Crippen molar-refractivity contribution in [2.75, 3.05) is 0 Å². The van der Waals surface area contributed by atoms with Crippen molar-refractivity contribution in [2.24, 2.45) is 5.73 Å². The van der Waals surface area contributed by atoms with Crippen LogP contribution in [-0.4, -0.2) is 74.5 Å². The highest BCUT2D eigenvalue weighted by Gasteiger charge is 2.32. The van der Waals surface area contributed by atoms with Crippen molar-refractivity contribution in [2.45, 2.75) is 57.0 Å². The number of amides is 2. The molecule has 8 N–H and O–H groups in total. The Hall–Kier alpha value is -2.24. The van der Waals surface area contributed by atoms with Gasteiger partial charge in [0.25, 0.3) is 0 Å². The van der Waals surface area contributed by atoms with Crippen molar-refractivity contribution in [1.82, 2.24) is 10.6 Å². The highest BCUT2D eigenvalue weighted by Crippen LogP contribution is 2.01. The minimum Gasteiger partial charge on any atom is -0.481 e. The number of carbonyl (C=O) groups is 4. The van der Waals surface area contributed by atoms with E-state index in [-0.39, 0.29) is 12.8 Å². The van der Waals surface area contributed by atoms with Crippen LogP contribution in [0.15, 0.2) is 0 Å². The number of carbonyl (C=O) groups excluding carboxylic acids is 2. The van der Waals surface area contributed by atoms with Crippen LogP contribution in [0, 0.1) is 0 Å². The van der Waals surface area contributed by atoms with Gasteiger partial charge in [-0.1, -0.05) is 0 Å². The van der Waals surface area contributed by atoms with Crippen LogP contribution in [0.25, 0.3) is 0 Å². The number of aliphatic hydroxyl groups is 2. The van der Waals surface area contributed by atoms with Crippen molar-refractivity contribution < 1.29 is 39.6 Å². The molecule has 0 radical (unpaired) electrons. The highest BCUT2D eigenvalue weighted by atomic mass is 16.4. The molecule has 0 saturated heterocycles. The van der Waals surface area contributed by atoms with Crippen LogP contribution >= 0.6 is 0 Å². The molecule has 24 heavy (non-hydrogen) atoms. The maximum Gasteiger partial charge on any atom is 0.328 e. The molecule has 138 valence electrons. The quantitative estimate of drug-likeness (QED) is 0.214. The lowest BCUT2D eigenvalue weighted by Gasteiger charge is -2.25. The standard InChI is InChI=1S/C13H23N3O8/c1-5(17)9(12(22)16-10(6(2)18)13(23)24)15-11(21)7(14)3-4-8(19)20/h5-7,9-10,17-18H,3-4,14H2,1-2H3,(H,15,21)(H,16,22)(H,19,20)(H,23,24). The predicted octanol–water partition coefficient (Wildman–Crippen LogP) is -3.01. The van der Waals surface area contributed by atoms with Gasteiger partial charge in [0.1, 0.15) is 6.04 Å². The number of carboxylic acid groups (broad SMARTS) is 2. The summed E-state index contributed by atoms with van der Waals surface area (Å²) in [4.78, 5) is 45.3. The normalized spacial score (nSPS) is 17.0. The van der Waals surface area contributed by atoms with Gasteiger partial charge in [-0.3, -0.25) is 14.4 Å². The number of nitrogens with two attached hydrogens (primary N) is 1. The molecule has 0 aromatic carbocycles. The Kier molecular flexibility index (Phi) is 8.89. The monoisotopic (exact) mass is 349 g/mol. The second-order valence-electron chi connectivity index (χ2n) is 5.33. The molecule has 0 aliphatic rings. The third-order valence-corrected chi connectivity index (χ3v) is 3.11. The van der Waals surface area contributed by atoms with Crippen LogP contribution < -0.4 is 16.4 Å². The Bertz CT molecular complexity index is 480. The predicted molar refractivity (Wildman–Crippen MR) is 79.7 cm³/mol. The van der Waals surface area contributed by atoms with Gasteiger partial charge in [0.15, 0.2) is 6.04 Å². The Morgan fingerprint density at radius 1 is 0.917 bits per heavy atom. The molecule has 5 unspecified atom stereocenters. The Morgan fingerprint density at radius 3 is 1.75 bits per heavy atom. The van der Waals surface area contributed by atoms with E-state index in [1.807, 2.05) is 5.32 Å². The zero-order chi connectivity index (χ0) is 19.0. The Morgan fingerprint density at radius 2 is 1.38 bits per heavy atom. The van der Waals surface area contributed by atoms with E-state index in [1.165, 1.54) is 6.92 Å². The van der Waals surface area contributed by atoms with E-state index in [0.29, 0.717) is 0 Å². The van der Waals surface area contributed by atoms with Crippen molar-refractivity contribution >= 4 is 23.8 Å². The Balaban J connectivity index is 4.90. The van der Waals surface area contributed by atoms with Gasteiger partial charge < -0.3 is 36.8 Å². The lowest BCUT2D eigenvalue weighted by atomic mass is 10.1. The summed E-state index contributed by atoms with van der Waals surface area (Å²) in [6, 6.07) is -4.37. The fourth-order valence-corrected chi connectivity index (χ4v) is 1.71. The van der Waals surface area contributed by atoms with Gasteiger partial charge >= 0.3 is 11.9 Å². The third-order valence-electron chi connectivity index (χ3n) is 3.11. The van der Waals surface area contributed by atoms with Crippen LogP contribution in [0.1, 0.15) is 26.7 Å². The first-order valence-electron chi connectivity index (χ1n) is 7.14. The molecule has 0 aromatic heterocycles. The molecule has 11 nitrogen and oxygen atoms in total. The Labute approximate surface area is 137 Å². The molecular weight excluding hydrogens is 326 g/mol. The first kappa shape index (κ1) is 21.8. The van der Waals surface area contributed by atoms with Gasteiger partial charge in [-0.15, -0.1) is 0 Å². The molecule has 5 atom stereocenters. The summed E-state index contributed by atoms with van der Waals surface area (Å²) in [5, 5.41) is 40.5. The minimum absolute atomic E-state index is 0.180. The van der Waals surface area contributed by atoms with Crippen LogP contribution in [0.2, 0.25) is 0 Å². The number of aliphatic hydroxyl groups excluding tert-OH is 2. The second kappa shape index (κ2) is 9.80. The van der Waals surface area contributed by atoms with E-state index in [0.717, 1.165) is 6.92 Å². The molecule has 0 aromatic rings. The summed E-state index contributed by atoms with van der Waals surface area (Å²) in [7, 11) is 0. The second-order valence-corrected chi connectivity index (χ2v) is 5.33. The fourth-order valence-electron chi connectivity index (χ4n) is 1.71. The van der Waals surface area contributed by atoms with Crippen molar-refractivity contribution in [3.63, 3.8) is 0 Å². The van der Waals surface area contributed by atoms with Crippen LogP contribution in [0.3, 0.4) is 0 Å². The number of aliphatic carboxylic acids is 2. The van der Waals surface area contributed by atoms with E-state index < -0.39 is 54.1 Å². The maximum atomic E-state index is 12.0. The van der Waals surface area contributed by atoms with Crippen molar-refractivity contribution in [3.8, 4) is 0 Å². The zero-order valence-corrected chi connectivity index (χ0v) is 13.3. The first-order chi connectivity index (χ1) is 11.0. The molecule has 0 heterocycles. The van der Waals surface area contributed by atoms with Crippen LogP contribution in [0.4, 0.5) is 0 Å². The lowest BCUT2D eigenvalue weighted by Crippen LogP contribution is -2.59. The number of carboxylic acids is 2. The average Bonchev–Trinajstić information content (AvgIpc) is 2.45. The molecular formula is C13H23N3O8. The van der Waals surface area contributed by atoms with E-state index in [2.05, 4.69) is 5.32 Å². The third kappa shape index (κ3) is 7.35. The van der Waals surface area contributed by atoms with Crippen LogP contribution in [-0.2, 0) is 19.2 Å². The van der Waals surface area contributed by atoms with Crippen LogP contribution in [0.5, 0.6) is 0 Å². The highest BCUT2D eigenvalue weighted by molar-refractivity contribution is 5.92. The SMILES string of the molecule is CC(O)C(NC(=O)C(NC(=O)C(N)CCC(=O)O)C(C)O)C(=O)O. The first-order valence-corrected chi connectivity index (χ1v) is 7.14. The average molecular weight is 349 g/mol. The molecule has 0 spiro atoms. The van der Waals surface area contributed by atoms with Gasteiger partial charge in [-0.05, 0) is 20.3 Å². The van der Waals surface area contributed by atoms with Gasteiger partial charge in [-0.2, -0.15) is 0 Å². The summed E-state index contributed by atoms with van der Waals surface area (Å²) in [6.07, 6.45) is -3.33. The topological polar surface area (TPSA) is 199 Å². The number of rotatable bonds is 10. The molecule has 0 fully saturated rings. The van der Waals surface area contributed by atoms with E-state index >= 15 is 0 Å². The summed E-state index contributed by atoms with van der Waals surface area (Å²) in [5.74, 6) is -4.55.